The highest BCUT2D eigenvalue weighted by molar-refractivity contribution is 5.97. The molecule has 0 fully saturated rings. The molecule has 0 saturated heterocycles. The summed E-state index contributed by atoms with van der Waals surface area (Å²) in [5.74, 6) is 0.969. The maximum Gasteiger partial charge on any atom is 0.419 e. The number of H-pyrrole nitrogens is 2. The number of aromatic nitrogens is 5. The monoisotopic (exact) mass is 343 g/mol. The van der Waals surface area contributed by atoms with Crippen molar-refractivity contribution in [1.29, 1.82) is 0 Å². The van der Waals surface area contributed by atoms with Gasteiger partial charge in [-0.1, -0.05) is 12.1 Å². The molecule has 5 nitrogen and oxygen atoms in total. The van der Waals surface area contributed by atoms with E-state index >= 15 is 0 Å². The lowest BCUT2D eigenvalue weighted by Crippen LogP contribution is -2.10. The number of benzene rings is 1. The summed E-state index contributed by atoms with van der Waals surface area (Å²) in [5, 5.41) is 0.652. The van der Waals surface area contributed by atoms with Crippen LogP contribution in [0.5, 0.6) is 0 Å². The van der Waals surface area contributed by atoms with Gasteiger partial charge in [0.05, 0.1) is 5.69 Å². The average molecular weight is 343 g/mol. The number of nitrogens with one attached hydrogen (secondary N) is 2. The normalized spacial score (nSPS) is 12.0. The fourth-order valence-corrected chi connectivity index (χ4v) is 2.78. The van der Waals surface area contributed by atoms with Crippen LogP contribution >= 0.6 is 0 Å². The molecule has 0 atom stereocenters. The van der Waals surface area contributed by atoms with Crippen LogP contribution in [0.2, 0.25) is 0 Å². The summed E-state index contributed by atoms with van der Waals surface area (Å²) >= 11 is 0. The zero-order valence-corrected chi connectivity index (χ0v) is 13.0. The molecule has 0 unspecified atom stereocenters. The molecule has 1 aromatic carbocycles. The topological polar surface area (TPSA) is 70.2 Å². The van der Waals surface area contributed by atoms with E-state index in [2.05, 4.69) is 24.9 Å². The molecule has 4 aromatic rings. The van der Waals surface area contributed by atoms with Crippen molar-refractivity contribution in [2.45, 2.75) is 13.1 Å². The smallest absolute Gasteiger partial charge is 0.360 e. The molecular weight excluding hydrogens is 331 g/mol. The van der Waals surface area contributed by atoms with Crippen LogP contribution in [-0.4, -0.2) is 24.9 Å². The van der Waals surface area contributed by atoms with E-state index in [0.717, 1.165) is 11.8 Å². The van der Waals surface area contributed by atoms with Crippen molar-refractivity contribution < 1.29 is 13.2 Å². The molecule has 3 aromatic heterocycles. The molecule has 25 heavy (non-hydrogen) atoms. The summed E-state index contributed by atoms with van der Waals surface area (Å²) in [6.07, 6.45) is 1.18. The molecule has 0 aliphatic carbocycles. The number of nitrogens with zero attached hydrogens (tertiary/aromatic N) is 3. The van der Waals surface area contributed by atoms with Crippen molar-refractivity contribution in [2.24, 2.45) is 0 Å². The van der Waals surface area contributed by atoms with Crippen LogP contribution in [0, 0.1) is 6.92 Å². The van der Waals surface area contributed by atoms with Crippen molar-refractivity contribution in [1.82, 2.24) is 24.9 Å². The van der Waals surface area contributed by atoms with E-state index in [9.17, 15) is 13.2 Å². The average Bonchev–Trinajstić information content (AvgIpc) is 3.22. The summed E-state index contributed by atoms with van der Waals surface area (Å²) in [4.78, 5) is 17.9. The lowest BCUT2D eigenvalue weighted by atomic mass is 10.0. The Labute approximate surface area is 140 Å². The van der Waals surface area contributed by atoms with Gasteiger partial charge in [0.2, 0.25) is 0 Å². The lowest BCUT2D eigenvalue weighted by Gasteiger charge is -2.11. The minimum absolute atomic E-state index is 0.128. The highest BCUT2D eigenvalue weighted by Crippen LogP contribution is 2.38. The minimum atomic E-state index is -4.53. The molecule has 0 amide bonds. The molecule has 4 rings (SSSR count). The summed E-state index contributed by atoms with van der Waals surface area (Å²) in [5.41, 5.74) is 0.944. The fourth-order valence-electron chi connectivity index (χ4n) is 2.78. The summed E-state index contributed by atoms with van der Waals surface area (Å²) in [7, 11) is 0. The fraction of sp³-hybridized carbons (Fsp3) is 0.118. The van der Waals surface area contributed by atoms with E-state index in [1.165, 1.54) is 6.20 Å². The number of alkyl halides is 3. The maximum absolute atomic E-state index is 13.3. The Hall–Kier alpha value is -3.16. The predicted molar refractivity (Wildman–Crippen MR) is 86.6 cm³/mol. The van der Waals surface area contributed by atoms with Gasteiger partial charge in [-0.25, -0.2) is 15.0 Å². The van der Waals surface area contributed by atoms with Gasteiger partial charge >= 0.3 is 6.18 Å². The van der Waals surface area contributed by atoms with Crippen molar-refractivity contribution >= 4 is 10.9 Å². The van der Waals surface area contributed by atoms with Crippen LogP contribution in [-0.2, 0) is 6.18 Å². The Balaban J connectivity index is 1.90. The maximum atomic E-state index is 13.3. The van der Waals surface area contributed by atoms with E-state index in [-0.39, 0.29) is 11.5 Å². The third kappa shape index (κ3) is 2.65. The highest BCUT2D eigenvalue weighted by Gasteiger charge is 2.35. The van der Waals surface area contributed by atoms with Crippen molar-refractivity contribution in [2.75, 3.05) is 0 Å². The van der Waals surface area contributed by atoms with Gasteiger partial charge in [0.1, 0.15) is 17.2 Å². The number of aryl methyl sites for hydroxylation is 1. The molecule has 0 aliphatic heterocycles. The Bertz CT molecular complexity index is 1050. The van der Waals surface area contributed by atoms with E-state index in [4.69, 9.17) is 0 Å². The molecule has 8 heteroatoms. The van der Waals surface area contributed by atoms with Crippen LogP contribution in [0.4, 0.5) is 13.2 Å². The second kappa shape index (κ2) is 5.44. The van der Waals surface area contributed by atoms with E-state index in [0.29, 0.717) is 22.3 Å². The van der Waals surface area contributed by atoms with E-state index < -0.39 is 11.7 Å². The molecule has 126 valence electrons. The molecule has 2 N–H and O–H groups in total. The van der Waals surface area contributed by atoms with Crippen LogP contribution in [0.3, 0.4) is 0 Å². The Morgan fingerprint density at radius 1 is 1.08 bits per heavy atom. The quantitative estimate of drug-likeness (QED) is 0.569. The third-order valence-electron chi connectivity index (χ3n) is 3.92. The number of rotatable bonds is 2. The molecule has 0 aliphatic rings. The van der Waals surface area contributed by atoms with Crippen molar-refractivity contribution in [3.63, 3.8) is 0 Å². The second-order valence-electron chi connectivity index (χ2n) is 5.58. The van der Waals surface area contributed by atoms with Crippen LogP contribution in [0.1, 0.15) is 11.4 Å². The molecular formula is C17H12F3N5. The molecule has 0 spiro atoms. The van der Waals surface area contributed by atoms with Crippen molar-refractivity contribution in [3.8, 4) is 22.6 Å². The summed E-state index contributed by atoms with van der Waals surface area (Å²) < 4.78 is 40.0. The minimum Gasteiger partial charge on any atom is -0.360 e. The summed E-state index contributed by atoms with van der Waals surface area (Å²) in [6.45, 7) is 1.56. The first-order valence-electron chi connectivity index (χ1n) is 7.45. The van der Waals surface area contributed by atoms with Crippen LogP contribution in [0.15, 0.2) is 43.0 Å². The SMILES string of the molecule is Cc1ncc(C(F)(F)F)c(-c2c[nH]c3cc(-c4ncc[nH]4)ccc23)n1. The molecule has 0 bridgehead atoms. The van der Waals surface area contributed by atoms with Gasteiger partial charge in [-0.2, -0.15) is 13.2 Å². The number of hydrogen-bond donors (Lipinski definition) is 2. The number of halogens is 3. The van der Waals surface area contributed by atoms with Crippen LogP contribution in [0.25, 0.3) is 33.5 Å². The molecule has 3 heterocycles. The van der Waals surface area contributed by atoms with E-state index in [1.54, 1.807) is 31.5 Å². The number of aromatic amines is 2. The van der Waals surface area contributed by atoms with Gasteiger partial charge in [-0.05, 0) is 13.0 Å². The first-order valence-corrected chi connectivity index (χ1v) is 7.45. The Morgan fingerprint density at radius 3 is 2.64 bits per heavy atom. The first kappa shape index (κ1) is 15.4. The third-order valence-corrected chi connectivity index (χ3v) is 3.92. The lowest BCUT2D eigenvalue weighted by molar-refractivity contribution is -0.137. The molecule has 0 radical (unpaired) electrons. The van der Waals surface area contributed by atoms with Gasteiger partial charge in [0, 0.05) is 46.8 Å². The Morgan fingerprint density at radius 2 is 1.92 bits per heavy atom. The largest absolute Gasteiger partial charge is 0.419 e. The standard InChI is InChI=1S/C17H12F3N5/c1-9-23-8-13(17(18,19)20)15(25-9)12-7-24-14-6-10(2-3-11(12)14)16-21-4-5-22-16/h2-8,24H,1H3,(H,21,22). The first-order chi connectivity index (χ1) is 11.9. The highest BCUT2D eigenvalue weighted by atomic mass is 19.4. The van der Waals surface area contributed by atoms with Gasteiger partial charge in [0.25, 0.3) is 0 Å². The van der Waals surface area contributed by atoms with Gasteiger partial charge < -0.3 is 9.97 Å². The number of fused-ring (bicyclic) bond motifs is 1. The zero-order valence-electron chi connectivity index (χ0n) is 13.0. The van der Waals surface area contributed by atoms with E-state index in [1.807, 2.05) is 6.07 Å². The second-order valence-corrected chi connectivity index (χ2v) is 5.58. The molecule has 0 saturated carbocycles. The van der Waals surface area contributed by atoms with Crippen molar-refractivity contribution in [3.05, 3.63) is 54.4 Å². The Kier molecular flexibility index (Phi) is 3.34. The number of imidazole rings is 1. The summed E-state index contributed by atoms with van der Waals surface area (Å²) in [6, 6.07) is 5.40. The van der Waals surface area contributed by atoms with Gasteiger partial charge in [0.15, 0.2) is 0 Å². The van der Waals surface area contributed by atoms with Gasteiger partial charge in [-0.3, -0.25) is 0 Å². The number of hydrogen-bond acceptors (Lipinski definition) is 3. The van der Waals surface area contributed by atoms with Crippen LogP contribution < -0.4 is 0 Å². The zero-order chi connectivity index (χ0) is 17.6. The van der Waals surface area contributed by atoms with Gasteiger partial charge in [-0.15, -0.1) is 0 Å². The predicted octanol–water partition coefficient (Wildman–Crippen LogP) is 4.34.